The van der Waals surface area contributed by atoms with Crippen molar-refractivity contribution in [3.05, 3.63) is 96.6 Å². The molecule has 28 heavy (non-hydrogen) atoms. The van der Waals surface area contributed by atoms with Crippen LogP contribution in [0.1, 0.15) is 16.2 Å². The average molecular weight is 371 g/mol. The van der Waals surface area contributed by atoms with Crippen LogP contribution in [0.3, 0.4) is 0 Å². The Kier molecular flexibility index (Phi) is 5.11. The van der Waals surface area contributed by atoms with E-state index in [9.17, 15) is 4.79 Å². The van der Waals surface area contributed by atoms with Gasteiger partial charge in [0.2, 0.25) is 5.88 Å². The molecule has 0 radical (unpaired) electrons. The van der Waals surface area contributed by atoms with Crippen molar-refractivity contribution < 1.29 is 13.9 Å². The fraction of sp³-hybridized carbons (Fsp3) is 0.0455. The van der Waals surface area contributed by atoms with Crippen molar-refractivity contribution in [2.24, 2.45) is 0 Å². The van der Waals surface area contributed by atoms with Crippen molar-refractivity contribution in [1.82, 2.24) is 15.3 Å². The zero-order chi connectivity index (χ0) is 19.2. The number of carbonyl (C=O) groups is 1. The van der Waals surface area contributed by atoms with Crippen molar-refractivity contribution >= 4 is 5.91 Å². The van der Waals surface area contributed by atoms with Crippen molar-refractivity contribution in [2.45, 2.75) is 6.54 Å². The Labute approximate surface area is 161 Å². The molecule has 0 fully saturated rings. The quantitative estimate of drug-likeness (QED) is 0.541. The zero-order valence-electron chi connectivity index (χ0n) is 14.9. The first-order valence-corrected chi connectivity index (χ1v) is 8.75. The third-order valence-electron chi connectivity index (χ3n) is 3.97. The Morgan fingerprint density at radius 3 is 2.64 bits per heavy atom. The van der Waals surface area contributed by atoms with E-state index in [0.29, 0.717) is 23.9 Å². The third-order valence-corrected chi connectivity index (χ3v) is 3.97. The number of benzene rings is 2. The van der Waals surface area contributed by atoms with Crippen LogP contribution < -0.4 is 10.1 Å². The lowest BCUT2D eigenvalue weighted by molar-refractivity contribution is 0.0917. The van der Waals surface area contributed by atoms with E-state index in [1.807, 2.05) is 66.7 Å². The second-order valence-corrected chi connectivity index (χ2v) is 6.00. The predicted octanol–water partition coefficient (Wildman–Crippen LogP) is 4.46. The molecule has 1 N–H and O–H groups in total. The normalized spacial score (nSPS) is 10.4. The van der Waals surface area contributed by atoms with Gasteiger partial charge in [-0.2, -0.15) is 0 Å². The standard InChI is InChI=1S/C22H17N3O3/c26-21(22-25-15-19(28-22)17-8-2-1-3-9-17)24-14-16-7-6-10-18(13-16)27-20-11-4-5-12-23-20/h1-13,15H,14H2,(H,24,26). The van der Waals surface area contributed by atoms with Crippen LogP contribution in [0.4, 0.5) is 0 Å². The Balaban J connectivity index is 1.39. The molecule has 0 spiro atoms. The van der Waals surface area contributed by atoms with Gasteiger partial charge in [0.1, 0.15) is 5.75 Å². The molecule has 138 valence electrons. The molecule has 0 bridgehead atoms. The molecule has 2 aromatic heterocycles. The minimum absolute atomic E-state index is 0.0275. The van der Waals surface area contributed by atoms with Gasteiger partial charge in [-0.1, -0.05) is 48.5 Å². The largest absolute Gasteiger partial charge is 0.439 e. The number of rotatable bonds is 6. The number of pyridine rings is 1. The number of nitrogens with zero attached hydrogens (tertiary/aromatic N) is 2. The second kappa shape index (κ2) is 8.18. The summed E-state index contributed by atoms with van der Waals surface area (Å²) in [5, 5.41) is 2.80. The first-order chi connectivity index (χ1) is 13.8. The van der Waals surface area contributed by atoms with Gasteiger partial charge in [0.15, 0.2) is 5.76 Å². The van der Waals surface area contributed by atoms with E-state index in [0.717, 1.165) is 11.1 Å². The van der Waals surface area contributed by atoms with Crippen LogP contribution in [-0.4, -0.2) is 15.9 Å². The Bertz CT molecular complexity index is 1060. The van der Waals surface area contributed by atoms with Gasteiger partial charge >= 0.3 is 5.91 Å². The number of hydrogen-bond acceptors (Lipinski definition) is 5. The van der Waals surface area contributed by atoms with Gasteiger partial charge in [0.05, 0.1) is 6.20 Å². The molecule has 0 atom stereocenters. The van der Waals surface area contributed by atoms with E-state index in [1.165, 1.54) is 0 Å². The molecule has 0 unspecified atom stereocenters. The summed E-state index contributed by atoms with van der Waals surface area (Å²) in [6.45, 7) is 0.321. The fourth-order valence-corrected chi connectivity index (χ4v) is 2.62. The third kappa shape index (κ3) is 4.24. The van der Waals surface area contributed by atoms with Crippen LogP contribution in [0.25, 0.3) is 11.3 Å². The molecule has 4 aromatic rings. The molecule has 0 aliphatic carbocycles. The molecular weight excluding hydrogens is 354 g/mol. The van der Waals surface area contributed by atoms with Gasteiger partial charge in [-0.15, -0.1) is 0 Å². The maximum Gasteiger partial charge on any atom is 0.307 e. The minimum Gasteiger partial charge on any atom is -0.439 e. The van der Waals surface area contributed by atoms with Crippen molar-refractivity contribution in [3.63, 3.8) is 0 Å². The van der Waals surface area contributed by atoms with Crippen LogP contribution in [0.5, 0.6) is 11.6 Å². The topological polar surface area (TPSA) is 77.2 Å². The van der Waals surface area contributed by atoms with E-state index in [4.69, 9.17) is 9.15 Å². The highest BCUT2D eigenvalue weighted by Crippen LogP contribution is 2.21. The van der Waals surface area contributed by atoms with Crippen LogP contribution in [0.15, 0.2) is 89.6 Å². The van der Waals surface area contributed by atoms with Gasteiger partial charge in [0.25, 0.3) is 5.89 Å². The van der Waals surface area contributed by atoms with Crippen LogP contribution in [-0.2, 0) is 6.54 Å². The maximum atomic E-state index is 12.3. The van der Waals surface area contributed by atoms with E-state index < -0.39 is 0 Å². The van der Waals surface area contributed by atoms with Crippen molar-refractivity contribution in [2.75, 3.05) is 0 Å². The zero-order valence-corrected chi connectivity index (χ0v) is 14.9. The Morgan fingerprint density at radius 2 is 1.82 bits per heavy atom. The predicted molar refractivity (Wildman–Crippen MR) is 104 cm³/mol. The Morgan fingerprint density at radius 1 is 0.964 bits per heavy atom. The molecular formula is C22H17N3O3. The monoisotopic (exact) mass is 371 g/mol. The summed E-state index contributed by atoms with van der Waals surface area (Å²) < 4.78 is 11.3. The number of ether oxygens (including phenoxy) is 1. The summed E-state index contributed by atoms with van der Waals surface area (Å²) >= 11 is 0. The van der Waals surface area contributed by atoms with Gasteiger partial charge < -0.3 is 14.5 Å². The molecule has 0 saturated heterocycles. The summed E-state index contributed by atoms with van der Waals surface area (Å²) in [5.74, 6) is 1.36. The first kappa shape index (κ1) is 17.5. The van der Waals surface area contributed by atoms with E-state index >= 15 is 0 Å². The summed E-state index contributed by atoms with van der Waals surface area (Å²) in [6, 6.07) is 22.4. The summed E-state index contributed by atoms with van der Waals surface area (Å²) in [6.07, 6.45) is 3.21. The van der Waals surface area contributed by atoms with Crippen LogP contribution >= 0.6 is 0 Å². The number of carbonyl (C=O) groups excluding carboxylic acids is 1. The number of oxazole rings is 1. The SMILES string of the molecule is O=C(NCc1cccc(Oc2ccccn2)c1)c1ncc(-c2ccccc2)o1. The average Bonchev–Trinajstić information content (AvgIpc) is 3.24. The molecule has 2 aromatic carbocycles. The molecule has 2 heterocycles. The smallest absolute Gasteiger partial charge is 0.307 e. The van der Waals surface area contributed by atoms with Crippen LogP contribution in [0, 0.1) is 0 Å². The fourth-order valence-electron chi connectivity index (χ4n) is 2.62. The summed E-state index contributed by atoms with van der Waals surface area (Å²) in [5.41, 5.74) is 1.75. The van der Waals surface area contributed by atoms with Crippen molar-refractivity contribution in [3.8, 4) is 23.0 Å². The summed E-state index contributed by atoms with van der Waals surface area (Å²) in [7, 11) is 0. The van der Waals surface area contributed by atoms with E-state index in [1.54, 1.807) is 18.5 Å². The highest BCUT2D eigenvalue weighted by molar-refractivity contribution is 5.89. The van der Waals surface area contributed by atoms with Gasteiger partial charge in [-0.25, -0.2) is 9.97 Å². The van der Waals surface area contributed by atoms with Crippen LogP contribution in [0.2, 0.25) is 0 Å². The highest BCUT2D eigenvalue weighted by atomic mass is 16.5. The van der Waals surface area contributed by atoms with Crippen molar-refractivity contribution in [1.29, 1.82) is 0 Å². The lowest BCUT2D eigenvalue weighted by atomic mass is 10.2. The van der Waals surface area contributed by atoms with Gasteiger partial charge in [-0.3, -0.25) is 4.79 Å². The highest BCUT2D eigenvalue weighted by Gasteiger charge is 2.14. The Hall–Kier alpha value is -3.93. The lowest BCUT2D eigenvalue weighted by Gasteiger charge is -2.07. The van der Waals surface area contributed by atoms with Gasteiger partial charge in [-0.05, 0) is 23.8 Å². The van der Waals surface area contributed by atoms with Gasteiger partial charge in [0, 0.05) is 24.4 Å². The number of hydrogen-bond donors (Lipinski definition) is 1. The first-order valence-electron chi connectivity index (χ1n) is 8.75. The number of nitrogens with one attached hydrogen (secondary N) is 1. The lowest BCUT2D eigenvalue weighted by Crippen LogP contribution is -2.23. The van der Waals surface area contributed by atoms with E-state index in [-0.39, 0.29) is 11.8 Å². The maximum absolute atomic E-state index is 12.3. The summed E-state index contributed by atoms with van der Waals surface area (Å²) in [4.78, 5) is 20.5. The second-order valence-electron chi connectivity index (χ2n) is 6.00. The number of amides is 1. The molecule has 1 amide bonds. The molecule has 6 nitrogen and oxygen atoms in total. The molecule has 4 rings (SSSR count). The molecule has 6 heteroatoms. The minimum atomic E-state index is -0.377. The van der Waals surface area contributed by atoms with E-state index in [2.05, 4.69) is 15.3 Å². The molecule has 0 aliphatic rings. The number of aromatic nitrogens is 2. The molecule has 0 saturated carbocycles. The molecule has 0 aliphatic heterocycles.